The summed E-state index contributed by atoms with van der Waals surface area (Å²) in [4.78, 5) is 40.1. The van der Waals surface area contributed by atoms with Gasteiger partial charge in [-0.05, 0) is 109 Å². The molecular formula is C71H127N2O7P. The van der Waals surface area contributed by atoms with E-state index in [4.69, 9.17) is 13.8 Å². The summed E-state index contributed by atoms with van der Waals surface area (Å²) in [5.74, 6) is -0.590. The molecule has 0 saturated carbocycles. The van der Waals surface area contributed by atoms with Crippen molar-refractivity contribution in [3.8, 4) is 0 Å². The molecule has 0 aromatic carbocycles. The molecule has 0 spiro atoms. The summed E-state index contributed by atoms with van der Waals surface area (Å²) in [6.45, 7) is 6.71. The van der Waals surface area contributed by atoms with Gasteiger partial charge >= 0.3 is 5.97 Å². The zero-order valence-corrected chi connectivity index (χ0v) is 54.4. The minimum atomic E-state index is -4.72. The molecule has 3 unspecified atom stereocenters. The van der Waals surface area contributed by atoms with E-state index in [1.54, 1.807) is 0 Å². The van der Waals surface area contributed by atoms with Crippen molar-refractivity contribution in [2.75, 3.05) is 40.9 Å². The van der Waals surface area contributed by atoms with Crippen molar-refractivity contribution < 1.29 is 37.3 Å². The van der Waals surface area contributed by atoms with Crippen LogP contribution >= 0.6 is 7.82 Å². The number of unbranched alkanes of at least 4 members (excludes halogenated alkanes) is 30. The number of phosphoric ester groups is 1. The standard InChI is InChI=1S/C71H127N2O7P/c1-7-10-13-16-19-22-25-28-30-32-34-36-38-40-42-45-48-51-54-57-60-63-70(74)72-68(67-79-81(76,77)78-66-65-73(4,5)6)69(62-59-56-53-50-47-44-27-24-21-18-15-12-9-3)80-71(75)64-61-58-55-52-49-46-43-41-39-37-35-33-31-29-26-23-20-17-14-11-8-2/h11,14,20,23,28-31,35,37,41,43,49,52,59,62,68-69H,7-10,12-13,15-19,21-22,24-27,32-34,36,38-40,42,44-48,50-51,53-58,60-61,63-67H2,1-6H3,(H-,72,74,76,77)/b14-11-,23-20-,30-28+,31-29-,37-35-,43-41-,52-49-,62-59+. The Morgan fingerprint density at radius 1 is 0.444 bits per heavy atom. The first kappa shape index (κ1) is 77.9. The number of likely N-dealkylation sites (N-methyl/N-ethyl adjacent to an activating group) is 1. The van der Waals surface area contributed by atoms with E-state index in [0.29, 0.717) is 23.9 Å². The van der Waals surface area contributed by atoms with Crippen LogP contribution in [0, 0.1) is 0 Å². The summed E-state index contributed by atoms with van der Waals surface area (Å²) in [6, 6.07) is -0.912. The van der Waals surface area contributed by atoms with Gasteiger partial charge in [-0.2, -0.15) is 0 Å². The molecule has 1 N–H and O–H groups in total. The lowest BCUT2D eigenvalue weighted by atomic mass is 10.0. The Kier molecular flexibility index (Phi) is 57.8. The molecule has 0 aromatic rings. The Morgan fingerprint density at radius 2 is 0.790 bits per heavy atom. The summed E-state index contributed by atoms with van der Waals surface area (Å²) >= 11 is 0. The average Bonchev–Trinajstić information content (AvgIpc) is 3.44. The number of nitrogens with zero attached hydrogens (tertiary/aromatic N) is 1. The van der Waals surface area contributed by atoms with E-state index < -0.39 is 26.6 Å². The first-order chi connectivity index (χ1) is 39.4. The van der Waals surface area contributed by atoms with Gasteiger partial charge in [0, 0.05) is 12.8 Å². The van der Waals surface area contributed by atoms with Crippen LogP contribution in [0.3, 0.4) is 0 Å². The third-order valence-corrected chi connectivity index (χ3v) is 15.5. The Labute approximate surface area is 500 Å². The fraction of sp³-hybridized carbons (Fsp3) is 0.746. The number of rotatable bonds is 60. The molecule has 81 heavy (non-hydrogen) atoms. The second-order valence-corrected chi connectivity index (χ2v) is 25.0. The lowest BCUT2D eigenvalue weighted by Crippen LogP contribution is -2.47. The molecule has 0 aromatic heterocycles. The van der Waals surface area contributed by atoms with Crippen LogP contribution in [0.5, 0.6) is 0 Å². The van der Waals surface area contributed by atoms with E-state index >= 15 is 0 Å². The third-order valence-electron chi connectivity index (χ3n) is 14.5. The van der Waals surface area contributed by atoms with Crippen molar-refractivity contribution in [2.45, 2.75) is 303 Å². The van der Waals surface area contributed by atoms with E-state index in [-0.39, 0.29) is 24.9 Å². The Bertz CT molecular complexity index is 1710. The molecule has 0 heterocycles. The molecule has 0 radical (unpaired) electrons. The Hall–Kier alpha value is -3.07. The number of hydrogen-bond donors (Lipinski definition) is 1. The maximum Gasteiger partial charge on any atom is 0.306 e. The lowest BCUT2D eigenvalue weighted by Gasteiger charge is -2.30. The number of nitrogens with one attached hydrogen (secondary N) is 1. The van der Waals surface area contributed by atoms with Crippen LogP contribution in [0.15, 0.2) is 97.2 Å². The minimum absolute atomic E-state index is 0.0331. The summed E-state index contributed by atoms with van der Waals surface area (Å²) < 4.78 is 30.4. The lowest BCUT2D eigenvalue weighted by molar-refractivity contribution is -0.870. The van der Waals surface area contributed by atoms with Gasteiger partial charge in [0.1, 0.15) is 19.3 Å². The van der Waals surface area contributed by atoms with Crippen molar-refractivity contribution in [3.63, 3.8) is 0 Å². The highest BCUT2D eigenvalue weighted by atomic mass is 31.2. The molecule has 0 aliphatic carbocycles. The van der Waals surface area contributed by atoms with Crippen molar-refractivity contribution in [1.82, 2.24) is 5.32 Å². The summed E-state index contributed by atoms with van der Waals surface area (Å²) in [6.07, 6.45) is 80.9. The molecule has 0 saturated heterocycles. The summed E-state index contributed by atoms with van der Waals surface area (Å²) in [7, 11) is 1.15. The van der Waals surface area contributed by atoms with E-state index in [1.165, 1.54) is 154 Å². The smallest absolute Gasteiger partial charge is 0.306 e. The molecule has 0 aliphatic heterocycles. The predicted octanol–water partition coefficient (Wildman–Crippen LogP) is 20.5. The van der Waals surface area contributed by atoms with Crippen molar-refractivity contribution in [1.29, 1.82) is 0 Å². The maximum atomic E-state index is 13.6. The van der Waals surface area contributed by atoms with Crippen LogP contribution in [0.4, 0.5) is 0 Å². The number of carbonyl (C=O) groups is 2. The highest BCUT2D eigenvalue weighted by Gasteiger charge is 2.27. The molecule has 10 heteroatoms. The van der Waals surface area contributed by atoms with E-state index in [0.717, 1.165) is 96.3 Å². The van der Waals surface area contributed by atoms with Gasteiger partial charge in [-0.25, -0.2) is 0 Å². The van der Waals surface area contributed by atoms with Crippen LogP contribution in [0.25, 0.3) is 0 Å². The average molecular weight is 1150 g/mol. The van der Waals surface area contributed by atoms with Gasteiger partial charge in [0.25, 0.3) is 7.82 Å². The normalized spacial score (nSPS) is 14.2. The highest BCUT2D eigenvalue weighted by Crippen LogP contribution is 2.38. The van der Waals surface area contributed by atoms with Gasteiger partial charge < -0.3 is 28.5 Å². The Balaban J connectivity index is 5.28. The molecular weight excluding hydrogens is 1020 g/mol. The fourth-order valence-corrected chi connectivity index (χ4v) is 10.1. The van der Waals surface area contributed by atoms with Crippen molar-refractivity contribution in [3.05, 3.63) is 97.2 Å². The number of allylic oxidation sites excluding steroid dienone is 15. The molecule has 0 bridgehead atoms. The van der Waals surface area contributed by atoms with Crippen LogP contribution in [0.2, 0.25) is 0 Å². The largest absolute Gasteiger partial charge is 0.756 e. The highest BCUT2D eigenvalue weighted by molar-refractivity contribution is 7.45. The van der Waals surface area contributed by atoms with Gasteiger partial charge in [0.05, 0.1) is 33.8 Å². The second kappa shape index (κ2) is 60.1. The molecule has 0 fully saturated rings. The number of phosphoric acid groups is 1. The van der Waals surface area contributed by atoms with Crippen LogP contribution < -0.4 is 10.2 Å². The van der Waals surface area contributed by atoms with Gasteiger partial charge in [0.15, 0.2) is 0 Å². The molecule has 0 rings (SSSR count). The molecule has 1 amide bonds. The van der Waals surface area contributed by atoms with Crippen molar-refractivity contribution >= 4 is 19.7 Å². The second-order valence-electron chi connectivity index (χ2n) is 23.6. The minimum Gasteiger partial charge on any atom is -0.756 e. The molecule has 0 aliphatic rings. The van der Waals surface area contributed by atoms with E-state index in [9.17, 15) is 19.0 Å². The molecule has 9 nitrogen and oxygen atoms in total. The molecule has 3 atom stereocenters. The Morgan fingerprint density at radius 3 is 1.21 bits per heavy atom. The van der Waals surface area contributed by atoms with Crippen LogP contribution in [-0.4, -0.2) is 69.4 Å². The zero-order valence-electron chi connectivity index (χ0n) is 53.5. The topological polar surface area (TPSA) is 114 Å². The first-order valence-corrected chi connectivity index (χ1v) is 35.0. The predicted molar refractivity (Wildman–Crippen MR) is 348 cm³/mol. The SMILES string of the molecule is CC/C=C\C/C=C\C/C=C\C/C=C\C/C=C\C/C=C\CCCCC(=O)OC(/C=C/CCCCCCCCCCCCC)C(COP(=O)([O-])OCC[N+](C)(C)C)NC(=O)CCCCCCCCCCCCC/C=C/CCCCCCCC. The number of esters is 1. The number of ether oxygens (including phenoxy) is 1. The fourth-order valence-electron chi connectivity index (χ4n) is 9.34. The number of hydrogen-bond acceptors (Lipinski definition) is 7. The van der Waals surface area contributed by atoms with E-state index in [2.05, 4.69) is 111 Å². The first-order valence-electron chi connectivity index (χ1n) is 33.5. The zero-order chi connectivity index (χ0) is 59.3. The number of carbonyl (C=O) groups excluding carboxylic acids is 2. The van der Waals surface area contributed by atoms with Gasteiger partial charge in [-0.3, -0.25) is 14.2 Å². The summed E-state index contributed by atoms with van der Waals surface area (Å²) in [5.41, 5.74) is 0. The maximum absolute atomic E-state index is 13.6. The monoisotopic (exact) mass is 1150 g/mol. The van der Waals surface area contributed by atoms with Gasteiger partial charge in [-0.15, -0.1) is 0 Å². The quantitative estimate of drug-likeness (QED) is 0.0212. The third kappa shape index (κ3) is 61.3. The van der Waals surface area contributed by atoms with Crippen molar-refractivity contribution in [2.24, 2.45) is 0 Å². The number of amides is 1. The van der Waals surface area contributed by atoms with Gasteiger partial charge in [-0.1, -0.05) is 266 Å². The van der Waals surface area contributed by atoms with Gasteiger partial charge in [0.2, 0.25) is 5.91 Å². The number of quaternary nitrogens is 1. The van der Waals surface area contributed by atoms with Crippen LogP contribution in [0.1, 0.15) is 290 Å². The molecule has 468 valence electrons. The van der Waals surface area contributed by atoms with E-state index in [1.807, 2.05) is 33.3 Å². The summed E-state index contributed by atoms with van der Waals surface area (Å²) in [5, 5.41) is 3.03. The van der Waals surface area contributed by atoms with Crippen LogP contribution in [-0.2, 0) is 27.9 Å².